The largest absolute Gasteiger partial charge is 0.456 e. The molecule has 1 heteroatoms. The molecule has 1 aromatic heterocycles. The Hall–Kier alpha value is -5.92. The number of furan rings is 1. The highest BCUT2D eigenvalue weighted by Crippen LogP contribution is 2.41. The minimum absolute atomic E-state index is 0.916. The van der Waals surface area contributed by atoms with Crippen molar-refractivity contribution in [2.24, 2.45) is 0 Å². The van der Waals surface area contributed by atoms with Crippen molar-refractivity contribution in [3.63, 3.8) is 0 Å². The second-order valence-corrected chi connectivity index (χ2v) is 12.5. The minimum Gasteiger partial charge on any atom is -0.456 e. The lowest BCUT2D eigenvalue weighted by Gasteiger charge is -2.13. The van der Waals surface area contributed by atoms with Gasteiger partial charge in [-0.2, -0.15) is 0 Å². The lowest BCUT2D eigenvalue weighted by Crippen LogP contribution is -1.86. The summed E-state index contributed by atoms with van der Waals surface area (Å²) in [6.07, 6.45) is 0. The number of fused-ring (bicyclic) bond motifs is 3. The van der Waals surface area contributed by atoms with Gasteiger partial charge in [0.05, 0.1) is 0 Å². The van der Waals surface area contributed by atoms with Crippen LogP contribution in [0.3, 0.4) is 0 Å². The first-order valence-electron chi connectivity index (χ1n) is 15.6. The molecule has 206 valence electrons. The van der Waals surface area contributed by atoms with Gasteiger partial charge in [0.1, 0.15) is 11.2 Å². The lowest BCUT2D eigenvalue weighted by atomic mass is 9.90. The van der Waals surface area contributed by atoms with Crippen molar-refractivity contribution in [1.82, 2.24) is 0 Å². The molecule has 0 amide bonds. The summed E-state index contributed by atoms with van der Waals surface area (Å²) in [6.45, 7) is 0. The van der Waals surface area contributed by atoms with Crippen LogP contribution in [-0.2, 0) is 0 Å². The van der Waals surface area contributed by atoms with E-state index >= 15 is 0 Å². The van der Waals surface area contributed by atoms with E-state index in [1.165, 1.54) is 86.9 Å². The fourth-order valence-corrected chi connectivity index (χ4v) is 7.98. The highest BCUT2D eigenvalue weighted by Gasteiger charge is 2.15. The van der Waals surface area contributed by atoms with Crippen LogP contribution in [0.15, 0.2) is 150 Å². The van der Waals surface area contributed by atoms with Gasteiger partial charge in [0.2, 0.25) is 0 Å². The maximum Gasteiger partial charge on any atom is 0.135 e. The molecule has 10 aromatic carbocycles. The topological polar surface area (TPSA) is 13.1 Å². The summed E-state index contributed by atoms with van der Waals surface area (Å²) in [6, 6.07) is 53.8. The molecule has 45 heavy (non-hydrogen) atoms. The van der Waals surface area contributed by atoms with Crippen LogP contribution in [0.5, 0.6) is 0 Å². The standard InChI is InChI=1S/C44H24O/c1-3-25-7-11-31-19-35(20-32-12-8-26(4-1)41(25)43(31)32)29-15-17-39-37(23-29)38-24-30(16-18-40(38)45-39)36-21-33-13-9-27-5-2-6-28-10-14-34(22-36)44(33)42(27)28/h1-24H. The molecule has 1 nitrogen and oxygen atoms in total. The zero-order chi connectivity index (χ0) is 29.2. The van der Waals surface area contributed by atoms with Crippen molar-refractivity contribution in [2.75, 3.05) is 0 Å². The third-order valence-corrected chi connectivity index (χ3v) is 10.1. The predicted octanol–water partition coefficient (Wildman–Crippen LogP) is 12.7. The maximum absolute atomic E-state index is 6.35. The van der Waals surface area contributed by atoms with Crippen LogP contribution in [-0.4, -0.2) is 0 Å². The average molecular weight is 569 g/mol. The molecule has 1 heterocycles. The number of hydrogen-bond acceptors (Lipinski definition) is 1. The van der Waals surface area contributed by atoms with E-state index < -0.39 is 0 Å². The van der Waals surface area contributed by atoms with E-state index in [1.54, 1.807) is 0 Å². The van der Waals surface area contributed by atoms with Crippen LogP contribution in [0, 0.1) is 0 Å². The Morgan fingerprint density at radius 1 is 0.267 bits per heavy atom. The lowest BCUT2D eigenvalue weighted by molar-refractivity contribution is 0.669. The van der Waals surface area contributed by atoms with Crippen molar-refractivity contribution in [1.29, 1.82) is 0 Å². The molecule has 0 aliphatic heterocycles. The zero-order valence-corrected chi connectivity index (χ0v) is 24.3. The summed E-state index contributed by atoms with van der Waals surface area (Å²) in [5.41, 5.74) is 6.67. The molecule has 0 spiro atoms. The highest BCUT2D eigenvalue weighted by molar-refractivity contribution is 6.25. The van der Waals surface area contributed by atoms with Crippen LogP contribution in [0.25, 0.3) is 109 Å². The first kappa shape index (κ1) is 23.5. The summed E-state index contributed by atoms with van der Waals surface area (Å²) < 4.78 is 6.35. The molecule has 0 unspecified atom stereocenters. The van der Waals surface area contributed by atoms with E-state index in [0.717, 1.165) is 21.9 Å². The number of hydrogen-bond donors (Lipinski definition) is 0. The highest BCUT2D eigenvalue weighted by atomic mass is 16.3. The van der Waals surface area contributed by atoms with E-state index in [4.69, 9.17) is 4.42 Å². The molecule has 0 fully saturated rings. The molecule has 0 atom stereocenters. The predicted molar refractivity (Wildman–Crippen MR) is 192 cm³/mol. The van der Waals surface area contributed by atoms with Crippen molar-refractivity contribution < 1.29 is 4.42 Å². The molecule has 0 N–H and O–H groups in total. The van der Waals surface area contributed by atoms with Gasteiger partial charge in [-0.1, -0.05) is 97.1 Å². The first-order chi connectivity index (χ1) is 22.2. The van der Waals surface area contributed by atoms with Gasteiger partial charge >= 0.3 is 0 Å². The van der Waals surface area contributed by atoms with E-state index in [2.05, 4.69) is 146 Å². The van der Waals surface area contributed by atoms with Crippen molar-refractivity contribution in [3.05, 3.63) is 146 Å². The molecular weight excluding hydrogens is 544 g/mol. The Labute approximate surface area is 258 Å². The second kappa shape index (κ2) is 8.37. The summed E-state index contributed by atoms with van der Waals surface area (Å²) in [4.78, 5) is 0. The van der Waals surface area contributed by atoms with Crippen molar-refractivity contribution in [3.8, 4) is 22.3 Å². The van der Waals surface area contributed by atoms with Gasteiger partial charge in [-0.05, 0) is 135 Å². The molecule has 0 saturated heterocycles. The van der Waals surface area contributed by atoms with E-state index in [9.17, 15) is 0 Å². The monoisotopic (exact) mass is 568 g/mol. The van der Waals surface area contributed by atoms with Gasteiger partial charge in [-0.3, -0.25) is 0 Å². The summed E-state index contributed by atoms with van der Waals surface area (Å²) in [7, 11) is 0. The Morgan fingerprint density at radius 3 is 0.978 bits per heavy atom. The van der Waals surface area contributed by atoms with Crippen LogP contribution >= 0.6 is 0 Å². The number of rotatable bonds is 2. The second-order valence-electron chi connectivity index (χ2n) is 12.5. The van der Waals surface area contributed by atoms with Crippen LogP contribution in [0.4, 0.5) is 0 Å². The molecule has 0 saturated carbocycles. The maximum atomic E-state index is 6.35. The van der Waals surface area contributed by atoms with Gasteiger partial charge in [0, 0.05) is 10.8 Å². The van der Waals surface area contributed by atoms with Crippen molar-refractivity contribution in [2.45, 2.75) is 0 Å². The summed E-state index contributed by atoms with van der Waals surface area (Å²) in [5, 5.41) is 18.0. The van der Waals surface area contributed by atoms with E-state index in [1.807, 2.05) is 0 Å². The van der Waals surface area contributed by atoms with Gasteiger partial charge in [-0.15, -0.1) is 0 Å². The van der Waals surface area contributed by atoms with E-state index in [-0.39, 0.29) is 0 Å². The fraction of sp³-hybridized carbons (Fsp3) is 0. The van der Waals surface area contributed by atoms with E-state index in [0.29, 0.717) is 0 Å². The smallest absolute Gasteiger partial charge is 0.135 e. The molecule has 11 rings (SSSR count). The average Bonchev–Trinajstić information content (AvgIpc) is 3.46. The van der Waals surface area contributed by atoms with Crippen LogP contribution in [0.1, 0.15) is 0 Å². The molecule has 0 radical (unpaired) electrons. The van der Waals surface area contributed by atoms with Gasteiger partial charge in [0.25, 0.3) is 0 Å². The molecule has 11 aromatic rings. The van der Waals surface area contributed by atoms with Gasteiger partial charge in [-0.25, -0.2) is 0 Å². The molecule has 0 aliphatic carbocycles. The molecule has 0 bridgehead atoms. The summed E-state index contributed by atoms with van der Waals surface area (Å²) in [5.74, 6) is 0. The van der Waals surface area contributed by atoms with Gasteiger partial charge in [0.15, 0.2) is 0 Å². The van der Waals surface area contributed by atoms with Crippen molar-refractivity contribution >= 4 is 86.6 Å². The third-order valence-electron chi connectivity index (χ3n) is 10.1. The number of benzene rings is 10. The molecule has 0 aliphatic rings. The van der Waals surface area contributed by atoms with Crippen LogP contribution in [0.2, 0.25) is 0 Å². The Bertz CT molecular complexity index is 2650. The van der Waals surface area contributed by atoms with Crippen LogP contribution < -0.4 is 0 Å². The molecular formula is C44H24O. The minimum atomic E-state index is 0.916. The summed E-state index contributed by atoms with van der Waals surface area (Å²) >= 11 is 0. The Kier molecular flexibility index (Phi) is 4.38. The Morgan fingerprint density at radius 2 is 0.600 bits per heavy atom. The first-order valence-corrected chi connectivity index (χ1v) is 15.6. The normalized spacial score (nSPS) is 12.4. The fourth-order valence-electron chi connectivity index (χ4n) is 7.98. The quantitative estimate of drug-likeness (QED) is 0.189. The SMILES string of the molecule is c1cc2ccc3cc(-c4ccc5oc6ccc(-c7cc8ccc9cccc%10ccc(c7)c8c9%10)cc6c5c4)cc4ccc(c1)c2c34. The zero-order valence-electron chi connectivity index (χ0n) is 24.3. The Balaban J connectivity index is 1.09. The van der Waals surface area contributed by atoms with Gasteiger partial charge < -0.3 is 4.42 Å². The third kappa shape index (κ3) is 3.22.